The van der Waals surface area contributed by atoms with Crippen LogP contribution >= 0.6 is 27.5 Å². The van der Waals surface area contributed by atoms with Crippen LogP contribution in [0.2, 0.25) is 5.15 Å². The van der Waals surface area contributed by atoms with Crippen LogP contribution in [0.1, 0.15) is 25.5 Å². The van der Waals surface area contributed by atoms with Crippen molar-refractivity contribution in [3.05, 3.63) is 34.9 Å². The van der Waals surface area contributed by atoms with Gasteiger partial charge in [0.2, 0.25) is 0 Å². The fourth-order valence-electron chi connectivity index (χ4n) is 1.75. The van der Waals surface area contributed by atoms with Gasteiger partial charge in [-0.25, -0.2) is 4.98 Å². The molecule has 1 aromatic heterocycles. The van der Waals surface area contributed by atoms with E-state index in [-0.39, 0.29) is 59.0 Å². The van der Waals surface area contributed by atoms with E-state index in [1.807, 2.05) is 13.0 Å². The van der Waals surface area contributed by atoms with E-state index in [1.54, 1.807) is 6.07 Å². The van der Waals surface area contributed by atoms with Gasteiger partial charge in [0.25, 0.3) is 0 Å². The van der Waals surface area contributed by atoms with Gasteiger partial charge in [0, 0.05) is 9.89 Å². The first-order chi connectivity index (χ1) is 6.56. The van der Waals surface area contributed by atoms with Crippen molar-refractivity contribution in [3.8, 4) is 0 Å². The molecule has 1 fully saturated rings. The fourth-order valence-corrected chi connectivity index (χ4v) is 2.52. The Bertz CT molecular complexity index is 372. The average molecular weight is 396 g/mol. The average Bonchev–Trinajstić information content (AvgIpc) is 2.90. The Morgan fingerprint density at radius 2 is 2.00 bits per heavy atom. The van der Waals surface area contributed by atoms with Crippen LogP contribution in [-0.4, -0.2) is 39.2 Å². The molecule has 0 bridgehead atoms. The van der Waals surface area contributed by atoms with Gasteiger partial charge in [0.05, 0.1) is 11.8 Å². The third kappa shape index (κ3) is 4.04. The van der Waals surface area contributed by atoms with Crippen molar-refractivity contribution in [3.63, 3.8) is 0 Å². The Kier molecular flexibility index (Phi) is 9.20. The molecule has 1 heterocycles. The second-order valence-electron chi connectivity index (χ2n) is 3.80. The number of halogens is 3. The van der Waals surface area contributed by atoms with Crippen LogP contribution < -0.4 is 17.0 Å². The van der Waals surface area contributed by atoms with Gasteiger partial charge in [-0.1, -0.05) is 11.6 Å². The van der Waals surface area contributed by atoms with Crippen LogP contribution in [0.4, 0.5) is 0 Å². The third-order valence-electron chi connectivity index (χ3n) is 2.87. The summed E-state index contributed by atoms with van der Waals surface area (Å²) in [5.74, 6) is 0. The summed E-state index contributed by atoms with van der Waals surface area (Å²) >= 11 is 9.28. The standard InChI is InChI=1S/C10H11BrClNO.CH3.BrH.Mg/c1-6(14)10(4-5-10)9-7(11)2-3-8(12)13-9;;;/h2-3,6,14H,4-5H2,1H3;1H3;1H;/q;-1;;+2/p-1. The van der Waals surface area contributed by atoms with Gasteiger partial charge in [-0.3, -0.25) is 0 Å². The molecule has 0 radical (unpaired) electrons. The molecule has 0 aliphatic heterocycles. The van der Waals surface area contributed by atoms with E-state index in [0.29, 0.717) is 5.15 Å². The number of hydrogen-bond acceptors (Lipinski definition) is 2. The largest absolute Gasteiger partial charge is 2.00 e. The van der Waals surface area contributed by atoms with Crippen molar-refractivity contribution in [2.75, 3.05) is 0 Å². The van der Waals surface area contributed by atoms with Crippen LogP contribution in [0.3, 0.4) is 0 Å². The number of pyridine rings is 1. The van der Waals surface area contributed by atoms with E-state index < -0.39 is 0 Å². The molecule has 0 amide bonds. The number of aromatic nitrogens is 1. The molecule has 1 aliphatic rings. The Hall–Kier alpha value is 1.13. The molecule has 17 heavy (non-hydrogen) atoms. The van der Waals surface area contributed by atoms with Crippen molar-refractivity contribution < 1.29 is 22.1 Å². The Balaban J connectivity index is 0. The second kappa shape index (κ2) is 7.65. The van der Waals surface area contributed by atoms with Crippen LogP contribution in [0.25, 0.3) is 0 Å². The van der Waals surface area contributed by atoms with Crippen LogP contribution in [0.5, 0.6) is 0 Å². The molecule has 0 spiro atoms. The first kappa shape index (κ1) is 20.4. The van der Waals surface area contributed by atoms with Gasteiger partial charge in [-0.2, -0.15) is 0 Å². The van der Waals surface area contributed by atoms with Gasteiger partial charge in [0.1, 0.15) is 5.15 Å². The quantitative estimate of drug-likeness (QED) is 0.434. The van der Waals surface area contributed by atoms with Gasteiger partial charge in [0.15, 0.2) is 0 Å². The first-order valence-corrected chi connectivity index (χ1v) is 5.74. The maximum atomic E-state index is 9.71. The van der Waals surface area contributed by atoms with E-state index in [1.165, 1.54) is 0 Å². The molecule has 2 rings (SSSR count). The monoisotopic (exact) mass is 393 g/mol. The second-order valence-corrected chi connectivity index (χ2v) is 5.04. The molecule has 1 aromatic rings. The topological polar surface area (TPSA) is 33.1 Å². The summed E-state index contributed by atoms with van der Waals surface area (Å²) < 4.78 is 0.931. The number of hydrogen-bond donors (Lipinski definition) is 1. The molecule has 6 heteroatoms. The molecule has 1 atom stereocenters. The summed E-state index contributed by atoms with van der Waals surface area (Å²) in [6.45, 7) is 1.81. The summed E-state index contributed by atoms with van der Waals surface area (Å²) in [6, 6.07) is 3.63. The van der Waals surface area contributed by atoms with Crippen molar-refractivity contribution >= 4 is 50.6 Å². The van der Waals surface area contributed by atoms with Crippen molar-refractivity contribution in [1.82, 2.24) is 4.98 Å². The summed E-state index contributed by atoms with van der Waals surface area (Å²) in [7, 11) is 0. The van der Waals surface area contributed by atoms with Crippen LogP contribution in [0, 0.1) is 7.43 Å². The molecule has 1 unspecified atom stereocenters. The zero-order chi connectivity index (χ0) is 10.3. The minimum atomic E-state index is -0.371. The normalized spacial score (nSPS) is 16.9. The summed E-state index contributed by atoms with van der Waals surface area (Å²) in [5.41, 5.74) is 0.726. The molecular weight excluding hydrogens is 382 g/mol. The maximum absolute atomic E-state index is 9.71. The van der Waals surface area contributed by atoms with E-state index in [2.05, 4.69) is 20.9 Å². The molecule has 1 aliphatic carbocycles. The number of aliphatic hydroxyl groups excluding tert-OH is 1. The van der Waals surface area contributed by atoms with Gasteiger partial charge >= 0.3 is 23.1 Å². The van der Waals surface area contributed by atoms with E-state index in [0.717, 1.165) is 23.0 Å². The molecule has 0 saturated heterocycles. The predicted octanol–water partition coefficient (Wildman–Crippen LogP) is -0.0166. The third-order valence-corrected chi connectivity index (χ3v) is 3.72. The molecule has 1 N–H and O–H groups in total. The van der Waals surface area contributed by atoms with Gasteiger partial charge < -0.3 is 29.5 Å². The Labute approximate surface area is 143 Å². The molecule has 2 nitrogen and oxygen atoms in total. The van der Waals surface area contributed by atoms with Crippen molar-refractivity contribution in [2.45, 2.75) is 31.3 Å². The molecular formula is C11H14Br2ClMgNO. The zero-order valence-electron chi connectivity index (χ0n) is 9.88. The van der Waals surface area contributed by atoms with E-state index >= 15 is 0 Å². The van der Waals surface area contributed by atoms with Crippen LogP contribution in [-0.2, 0) is 5.41 Å². The predicted molar refractivity (Wildman–Crippen MR) is 71.7 cm³/mol. The Morgan fingerprint density at radius 3 is 2.41 bits per heavy atom. The summed E-state index contributed by atoms with van der Waals surface area (Å²) in [6.07, 6.45) is 1.59. The smallest absolute Gasteiger partial charge is 1.00 e. The molecule has 1 saturated carbocycles. The summed E-state index contributed by atoms with van der Waals surface area (Å²) in [4.78, 5) is 4.29. The number of nitrogens with zero attached hydrogens (tertiary/aromatic N) is 1. The Morgan fingerprint density at radius 1 is 1.47 bits per heavy atom. The van der Waals surface area contributed by atoms with Crippen molar-refractivity contribution in [1.29, 1.82) is 0 Å². The van der Waals surface area contributed by atoms with E-state index in [9.17, 15) is 5.11 Å². The minimum absolute atomic E-state index is 0. The van der Waals surface area contributed by atoms with Gasteiger partial charge in [-0.15, -0.1) is 0 Å². The van der Waals surface area contributed by atoms with Crippen LogP contribution in [0.15, 0.2) is 16.6 Å². The van der Waals surface area contributed by atoms with E-state index in [4.69, 9.17) is 11.6 Å². The number of aliphatic hydroxyl groups is 1. The SMILES string of the molecule is CC(O)C1(c2nc(Cl)ccc2Br)CC1.[Br-].[CH3-].[Mg+2]. The minimum Gasteiger partial charge on any atom is -1.00 e. The molecule has 0 aromatic carbocycles. The summed E-state index contributed by atoms with van der Waals surface area (Å²) in [5, 5.41) is 10.2. The number of rotatable bonds is 2. The molecule has 92 valence electrons. The first-order valence-electron chi connectivity index (χ1n) is 4.57. The van der Waals surface area contributed by atoms with Gasteiger partial charge in [-0.05, 0) is 47.8 Å². The fraction of sp³-hybridized carbons (Fsp3) is 0.455. The van der Waals surface area contributed by atoms with Crippen molar-refractivity contribution in [2.24, 2.45) is 0 Å². The zero-order valence-corrected chi connectivity index (χ0v) is 15.2. The maximum Gasteiger partial charge on any atom is 2.00 e.